The van der Waals surface area contributed by atoms with Crippen molar-refractivity contribution in [2.45, 2.75) is 264 Å². The lowest BCUT2D eigenvalue weighted by atomic mass is 10.0. The summed E-state index contributed by atoms with van der Waals surface area (Å²) in [6, 6.07) is 0. The van der Waals surface area contributed by atoms with Crippen LogP contribution < -0.4 is 4.89 Å². The maximum Gasteiger partial charge on any atom is 0.306 e. The van der Waals surface area contributed by atoms with E-state index in [0.717, 1.165) is 51.4 Å². The number of phosphoric acid groups is 1. The van der Waals surface area contributed by atoms with Gasteiger partial charge in [0.15, 0.2) is 6.10 Å². The van der Waals surface area contributed by atoms with Gasteiger partial charge >= 0.3 is 11.9 Å². The highest BCUT2D eigenvalue weighted by atomic mass is 31.2. The van der Waals surface area contributed by atoms with Crippen LogP contribution in [0.2, 0.25) is 0 Å². The number of carbonyl (C=O) groups excluding carboxylic acids is 2. The standard InChI is InChI=1S/C54H104NO8P/c1-6-8-10-12-14-16-18-20-22-24-25-26-27-28-29-31-33-35-37-39-41-43-45-47-54(57)63-52(51-62-64(58,59)61-49-48-55(3,4)5)50-60-53(56)46-44-42-40-38-36-34-32-30-23-21-19-17-15-13-11-9-7-2/h15,17,21,23,52H,6-14,16,18-20,22,24-51H2,1-5H3/b17-15+,23-21+/t52-/m1/s1. The lowest BCUT2D eigenvalue weighted by Crippen LogP contribution is -2.37. The van der Waals surface area contributed by atoms with Crippen molar-refractivity contribution in [3.63, 3.8) is 0 Å². The molecule has 2 atom stereocenters. The lowest BCUT2D eigenvalue weighted by molar-refractivity contribution is -0.870. The first kappa shape index (κ1) is 62.5. The van der Waals surface area contributed by atoms with Crippen LogP contribution in [0.15, 0.2) is 24.3 Å². The predicted octanol–water partition coefficient (Wildman–Crippen LogP) is 15.6. The number of likely N-dealkylation sites (N-methyl/N-ethyl adjacent to an activating group) is 1. The summed E-state index contributed by atoms with van der Waals surface area (Å²) in [5.74, 6) is -0.830. The zero-order valence-corrected chi connectivity index (χ0v) is 43.6. The first-order chi connectivity index (χ1) is 31.0. The Morgan fingerprint density at radius 3 is 1.27 bits per heavy atom. The van der Waals surface area contributed by atoms with E-state index in [9.17, 15) is 19.0 Å². The molecule has 0 heterocycles. The average Bonchev–Trinajstić information content (AvgIpc) is 3.25. The van der Waals surface area contributed by atoms with E-state index in [-0.39, 0.29) is 32.0 Å². The van der Waals surface area contributed by atoms with Gasteiger partial charge < -0.3 is 27.9 Å². The molecular formula is C54H104NO8P. The molecule has 10 heteroatoms. The summed E-state index contributed by atoms with van der Waals surface area (Å²) in [5.41, 5.74) is 0. The van der Waals surface area contributed by atoms with Crippen molar-refractivity contribution in [1.82, 2.24) is 0 Å². The van der Waals surface area contributed by atoms with Crippen LogP contribution in [0.5, 0.6) is 0 Å². The van der Waals surface area contributed by atoms with E-state index in [0.29, 0.717) is 17.4 Å². The number of ether oxygens (including phenoxy) is 2. The van der Waals surface area contributed by atoms with Crippen LogP contribution in [0.25, 0.3) is 0 Å². The first-order valence-electron chi connectivity index (χ1n) is 27.0. The van der Waals surface area contributed by atoms with Gasteiger partial charge in [0.2, 0.25) is 0 Å². The Morgan fingerprint density at radius 2 is 0.844 bits per heavy atom. The van der Waals surface area contributed by atoms with E-state index in [1.165, 1.54) is 173 Å². The third-order valence-corrected chi connectivity index (χ3v) is 12.9. The summed E-state index contributed by atoms with van der Waals surface area (Å²) >= 11 is 0. The largest absolute Gasteiger partial charge is 0.756 e. The fourth-order valence-electron chi connectivity index (χ4n) is 7.75. The Balaban J connectivity index is 4.18. The quantitative estimate of drug-likeness (QED) is 0.0195. The minimum atomic E-state index is -4.63. The van der Waals surface area contributed by atoms with Crippen LogP contribution >= 0.6 is 7.82 Å². The molecule has 0 saturated heterocycles. The van der Waals surface area contributed by atoms with Crippen molar-refractivity contribution in [3.05, 3.63) is 24.3 Å². The van der Waals surface area contributed by atoms with Gasteiger partial charge in [0.05, 0.1) is 27.7 Å². The van der Waals surface area contributed by atoms with E-state index >= 15 is 0 Å². The van der Waals surface area contributed by atoms with Crippen LogP contribution in [-0.2, 0) is 32.7 Å². The Hall–Kier alpha value is -1.51. The molecule has 0 aliphatic carbocycles. The second kappa shape index (κ2) is 46.6. The monoisotopic (exact) mass is 926 g/mol. The SMILES string of the molecule is CCCCC/C=C/C/C=C/CCCCCCCCCC(=O)OC[C@H](COP(=O)([O-])OCC[N+](C)(C)C)OC(=O)CCCCCCCCCCCCCCCCCCCCCCCCC. The van der Waals surface area contributed by atoms with Gasteiger partial charge in [-0.1, -0.05) is 224 Å². The molecule has 0 bridgehead atoms. The second-order valence-corrected chi connectivity index (χ2v) is 21.0. The number of unbranched alkanes of at least 4 members (excludes halogenated alkanes) is 32. The fourth-order valence-corrected chi connectivity index (χ4v) is 8.48. The first-order valence-corrected chi connectivity index (χ1v) is 28.5. The summed E-state index contributed by atoms with van der Waals surface area (Å²) in [6.45, 7) is 4.24. The van der Waals surface area contributed by atoms with Crippen molar-refractivity contribution < 1.29 is 42.1 Å². The molecule has 0 radical (unpaired) electrons. The van der Waals surface area contributed by atoms with E-state index in [1.807, 2.05) is 21.1 Å². The van der Waals surface area contributed by atoms with Gasteiger partial charge in [-0.2, -0.15) is 0 Å². The molecular weight excluding hydrogens is 822 g/mol. The molecule has 0 spiro atoms. The number of nitrogens with zero attached hydrogens (tertiary/aromatic N) is 1. The maximum atomic E-state index is 12.8. The minimum Gasteiger partial charge on any atom is -0.756 e. The van der Waals surface area contributed by atoms with Crippen molar-refractivity contribution in [2.75, 3.05) is 47.5 Å². The van der Waals surface area contributed by atoms with Gasteiger partial charge in [0.25, 0.3) is 7.82 Å². The zero-order chi connectivity index (χ0) is 47.1. The molecule has 1 unspecified atom stereocenters. The van der Waals surface area contributed by atoms with E-state index in [2.05, 4.69) is 38.2 Å². The van der Waals surface area contributed by atoms with Crippen LogP contribution in [0.4, 0.5) is 0 Å². The number of carbonyl (C=O) groups is 2. The normalized spacial score (nSPS) is 13.5. The van der Waals surface area contributed by atoms with Crippen LogP contribution in [-0.4, -0.2) is 70.0 Å². The highest BCUT2D eigenvalue weighted by Crippen LogP contribution is 2.38. The molecule has 0 aliphatic heterocycles. The number of rotatable bonds is 50. The molecule has 0 amide bonds. The highest BCUT2D eigenvalue weighted by molar-refractivity contribution is 7.45. The summed E-state index contributed by atoms with van der Waals surface area (Å²) in [7, 11) is 1.17. The number of hydrogen-bond acceptors (Lipinski definition) is 8. The number of hydrogen-bond donors (Lipinski definition) is 0. The average molecular weight is 926 g/mol. The van der Waals surface area contributed by atoms with Gasteiger partial charge in [-0.05, 0) is 44.9 Å². The number of esters is 2. The topological polar surface area (TPSA) is 111 Å². The lowest BCUT2D eigenvalue weighted by Gasteiger charge is -2.28. The van der Waals surface area contributed by atoms with E-state index in [4.69, 9.17) is 18.5 Å². The highest BCUT2D eigenvalue weighted by Gasteiger charge is 2.21. The number of quaternary nitrogens is 1. The summed E-state index contributed by atoms with van der Waals surface area (Å²) in [6.07, 6.45) is 53.5. The maximum absolute atomic E-state index is 12.8. The molecule has 0 aromatic heterocycles. The van der Waals surface area contributed by atoms with Crippen LogP contribution in [0, 0.1) is 0 Å². The van der Waals surface area contributed by atoms with Crippen molar-refractivity contribution in [3.8, 4) is 0 Å². The molecule has 0 aliphatic rings. The van der Waals surface area contributed by atoms with Crippen LogP contribution in [0.1, 0.15) is 258 Å². The van der Waals surface area contributed by atoms with E-state index in [1.54, 1.807) is 0 Å². The van der Waals surface area contributed by atoms with Crippen LogP contribution in [0.3, 0.4) is 0 Å². The smallest absolute Gasteiger partial charge is 0.306 e. The minimum absolute atomic E-state index is 0.0298. The van der Waals surface area contributed by atoms with Gasteiger partial charge in [0, 0.05) is 12.8 Å². The Morgan fingerprint density at radius 1 is 0.484 bits per heavy atom. The third-order valence-electron chi connectivity index (χ3n) is 12.0. The number of phosphoric ester groups is 1. The molecule has 0 aromatic rings. The van der Waals surface area contributed by atoms with Crippen molar-refractivity contribution in [1.29, 1.82) is 0 Å². The molecule has 0 rings (SSSR count). The number of allylic oxidation sites excluding steroid dienone is 4. The molecule has 0 saturated carbocycles. The third kappa shape index (κ3) is 49.9. The Kier molecular flexibility index (Phi) is 45.5. The van der Waals surface area contributed by atoms with Crippen molar-refractivity contribution >= 4 is 19.8 Å². The molecule has 64 heavy (non-hydrogen) atoms. The predicted molar refractivity (Wildman–Crippen MR) is 268 cm³/mol. The van der Waals surface area contributed by atoms with Crippen molar-refractivity contribution in [2.24, 2.45) is 0 Å². The fraction of sp³-hybridized carbons (Fsp3) is 0.889. The Bertz CT molecular complexity index is 1140. The molecule has 0 fully saturated rings. The second-order valence-electron chi connectivity index (χ2n) is 19.6. The summed E-state index contributed by atoms with van der Waals surface area (Å²) in [4.78, 5) is 37.8. The van der Waals surface area contributed by atoms with Gasteiger partial charge in [0.1, 0.15) is 19.8 Å². The van der Waals surface area contributed by atoms with Gasteiger partial charge in [-0.15, -0.1) is 0 Å². The zero-order valence-electron chi connectivity index (χ0n) is 42.7. The molecule has 0 aromatic carbocycles. The Labute approximate surface area is 396 Å². The van der Waals surface area contributed by atoms with Gasteiger partial charge in [-0.25, -0.2) is 0 Å². The molecule has 9 nitrogen and oxygen atoms in total. The van der Waals surface area contributed by atoms with E-state index < -0.39 is 26.5 Å². The summed E-state index contributed by atoms with van der Waals surface area (Å²) in [5, 5.41) is 0. The van der Waals surface area contributed by atoms with Gasteiger partial charge in [-0.3, -0.25) is 14.2 Å². The summed E-state index contributed by atoms with van der Waals surface area (Å²) < 4.78 is 34.1. The molecule has 378 valence electrons. The molecule has 0 N–H and O–H groups in total.